The van der Waals surface area contributed by atoms with Crippen molar-refractivity contribution in [2.24, 2.45) is 5.92 Å². The molecule has 0 N–H and O–H groups in total. The average Bonchev–Trinajstić information content (AvgIpc) is 3.30. The molecule has 0 bridgehead atoms. The Balaban J connectivity index is 1.68. The van der Waals surface area contributed by atoms with Crippen molar-refractivity contribution in [2.45, 2.75) is 44.6 Å². The summed E-state index contributed by atoms with van der Waals surface area (Å²) in [4.78, 5) is 57.2. The van der Waals surface area contributed by atoms with Crippen LogP contribution in [-0.4, -0.2) is 29.4 Å². The molecule has 188 valence electrons. The summed E-state index contributed by atoms with van der Waals surface area (Å²) in [7, 11) is 0. The lowest BCUT2D eigenvalue weighted by Crippen LogP contribution is -2.52. The van der Waals surface area contributed by atoms with E-state index >= 15 is 0 Å². The maximum Gasteiger partial charge on any atom is 0.421 e. The summed E-state index contributed by atoms with van der Waals surface area (Å²) in [6, 6.07) is 25.0. The van der Waals surface area contributed by atoms with Gasteiger partial charge in [-0.05, 0) is 56.5 Å². The van der Waals surface area contributed by atoms with Crippen LogP contribution in [0.25, 0.3) is 0 Å². The number of amides is 4. The molecular formula is C30H28N2O5. The maximum atomic E-state index is 14.4. The molecule has 0 radical (unpaired) electrons. The van der Waals surface area contributed by atoms with E-state index in [9.17, 15) is 19.2 Å². The van der Waals surface area contributed by atoms with Gasteiger partial charge in [0.05, 0.1) is 22.7 Å². The summed E-state index contributed by atoms with van der Waals surface area (Å²) in [5, 5.41) is 0. The van der Waals surface area contributed by atoms with Gasteiger partial charge >= 0.3 is 6.09 Å². The van der Waals surface area contributed by atoms with E-state index in [-0.39, 0.29) is 18.7 Å². The molecule has 0 aromatic heterocycles. The van der Waals surface area contributed by atoms with Crippen molar-refractivity contribution in [1.82, 2.24) is 0 Å². The van der Waals surface area contributed by atoms with Gasteiger partial charge in [0.15, 0.2) is 0 Å². The van der Waals surface area contributed by atoms with E-state index in [0.29, 0.717) is 16.9 Å². The number of nitrogens with zero attached hydrogens (tertiary/aromatic N) is 2. The monoisotopic (exact) mass is 496 g/mol. The lowest BCUT2D eigenvalue weighted by atomic mass is 9.66. The summed E-state index contributed by atoms with van der Waals surface area (Å²) in [5.74, 6) is -2.40. The Bertz CT molecular complexity index is 1380. The van der Waals surface area contributed by atoms with E-state index in [1.807, 2.05) is 30.3 Å². The molecule has 2 heterocycles. The SMILES string of the molecule is CC(C)(C)OC(=O)N1C(=O)[C@@](Cc2ccccc2)([C@@H]2CC(=O)N(c3ccccc3)C2=O)c2ccccc21. The average molecular weight is 497 g/mol. The Morgan fingerprint density at radius 1 is 0.892 bits per heavy atom. The molecule has 7 heteroatoms. The van der Waals surface area contributed by atoms with E-state index in [1.165, 1.54) is 0 Å². The zero-order valence-corrected chi connectivity index (χ0v) is 21.0. The first-order valence-corrected chi connectivity index (χ1v) is 12.3. The van der Waals surface area contributed by atoms with Crippen LogP contribution in [0.4, 0.5) is 16.2 Å². The quantitative estimate of drug-likeness (QED) is 0.473. The molecule has 7 nitrogen and oxygen atoms in total. The summed E-state index contributed by atoms with van der Waals surface area (Å²) in [6.45, 7) is 5.18. The molecule has 5 rings (SSSR count). The van der Waals surface area contributed by atoms with Gasteiger partial charge in [-0.1, -0.05) is 66.7 Å². The standard InChI is InChI=1S/C30H28N2O5/c1-29(2,3)37-28(36)32-24-17-11-10-16-22(24)30(27(32)35,19-20-12-6-4-7-13-20)23-18-25(33)31(26(23)34)21-14-8-5-9-15-21/h4-17,23H,18-19H2,1-3H3/t23-,30-/m1/s1. The van der Waals surface area contributed by atoms with Crippen LogP contribution >= 0.6 is 0 Å². The number of benzene rings is 3. The molecule has 0 unspecified atom stereocenters. The molecule has 2 atom stereocenters. The predicted molar refractivity (Wildman–Crippen MR) is 139 cm³/mol. The van der Waals surface area contributed by atoms with Crippen molar-refractivity contribution in [3.63, 3.8) is 0 Å². The van der Waals surface area contributed by atoms with Crippen LogP contribution in [0, 0.1) is 5.92 Å². The molecule has 3 aromatic carbocycles. The number of carbonyl (C=O) groups excluding carboxylic acids is 4. The van der Waals surface area contributed by atoms with Crippen LogP contribution in [0.5, 0.6) is 0 Å². The number of imide groups is 2. The van der Waals surface area contributed by atoms with Crippen LogP contribution < -0.4 is 9.80 Å². The summed E-state index contributed by atoms with van der Waals surface area (Å²) >= 11 is 0. The molecule has 4 amide bonds. The Morgan fingerprint density at radius 3 is 2.14 bits per heavy atom. The van der Waals surface area contributed by atoms with Gasteiger partial charge in [0.1, 0.15) is 5.60 Å². The van der Waals surface area contributed by atoms with Gasteiger partial charge in [-0.15, -0.1) is 0 Å². The van der Waals surface area contributed by atoms with Crippen molar-refractivity contribution >= 4 is 35.2 Å². The zero-order chi connectivity index (χ0) is 26.4. The first-order chi connectivity index (χ1) is 17.6. The van der Waals surface area contributed by atoms with Gasteiger partial charge < -0.3 is 4.74 Å². The molecular weight excluding hydrogens is 468 g/mol. The number of hydrogen-bond donors (Lipinski definition) is 0. The molecule has 0 spiro atoms. The maximum absolute atomic E-state index is 14.4. The molecule has 2 aliphatic rings. The van der Waals surface area contributed by atoms with E-state index < -0.39 is 34.8 Å². The third-order valence-corrected chi connectivity index (χ3v) is 6.87. The van der Waals surface area contributed by atoms with Crippen molar-refractivity contribution < 1.29 is 23.9 Å². The number of para-hydroxylation sites is 2. The van der Waals surface area contributed by atoms with Gasteiger partial charge in [-0.3, -0.25) is 19.3 Å². The van der Waals surface area contributed by atoms with Gasteiger partial charge in [0.25, 0.3) is 0 Å². The fourth-order valence-electron chi connectivity index (χ4n) is 5.37. The fraction of sp³-hybridized carbons (Fsp3) is 0.267. The molecule has 0 saturated carbocycles. The lowest BCUT2D eigenvalue weighted by molar-refractivity contribution is -0.131. The van der Waals surface area contributed by atoms with Gasteiger partial charge in [0.2, 0.25) is 17.7 Å². The highest BCUT2D eigenvalue weighted by atomic mass is 16.6. The first-order valence-electron chi connectivity index (χ1n) is 12.3. The van der Waals surface area contributed by atoms with Gasteiger partial charge in [0, 0.05) is 6.42 Å². The molecule has 1 saturated heterocycles. The van der Waals surface area contributed by atoms with Crippen molar-refractivity contribution in [2.75, 3.05) is 9.80 Å². The van der Waals surface area contributed by atoms with Crippen LogP contribution in [0.1, 0.15) is 38.3 Å². The zero-order valence-electron chi connectivity index (χ0n) is 21.0. The van der Waals surface area contributed by atoms with Crippen LogP contribution in [0.15, 0.2) is 84.9 Å². The molecule has 2 aliphatic heterocycles. The Labute approximate surface area is 215 Å². The lowest BCUT2D eigenvalue weighted by Gasteiger charge is -2.33. The van der Waals surface area contributed by atoms with Crippen molar-refractivity contribution in [3.05, 3.63) is 96.1 Å². The van der Waals surface area contributed by atoms with Crippen molar-refractivity contribution in [3.8, 4) is 0 Å². The highest BCUT2D eigenvalue weighted by Crippen LogP contribution is 2.52. The number of rotatable bonds is 4. The topological polar surface area (TPSA) is 84.0 Å². The highest BCUT2D eigenvalue weighted by molar-refractivity contribution is 6.27. The summed E-state index contributed by atoms with van der Waals surface area (Å²) in [6.07, 6.45) is -0.811. The van der Waals surface area contributed by atoms with E-state index in [2.05, 4.69) is 0 Å². The number of fused-ring (bicyclic) bond motifs is 1. The normalized spacial score (nSPS) is 21.4. The van der Waals surface area contributed by atoms with Gasteiger partial charge in [-0.2, -0.15) is 0 Å². The van der Waals surface area contributed by atoms with Crippen LogP contribution in [0.2, 0.25) is 0 Å². The first kappa shape index (κ1) is 24.4. The number of hydrogen-bond acceptors (Lipinski definition) is 5. The molecule has 1 fully saturated rings. The third kappa shape index (κ3) is 4.10. The Kier molecular flexibility index (Phi) is 5.94. The number of carbonyl (C=O) groups is 4. The minimum Gasteiger partial charge on any atom is -0.443 e. The summed E-state index contributed by atoms with van der Waals surface area (Å²) < 4.78 is 5.60. The Morgan fingerprint density at radius 2 is 1.49 bits per heavy atom. The van der Waals surface area contributed by atoms with E-state index in [1.54, 1.807) is 75.4 Å². The van der Waals surface area contributed by atoms with Crippen LogP contribution in [0.3, 0.4) is 0 Å². The van der Waals surface area contributed by atoms with E-state index in [0.717, 1.165) is 15.4 Å². The second-order valence-electron chi connectivity index (χ2n) is 10.4. The molecule has 0 aliphatic carbocycles. The molecule has 37 heavy (non-hydrogen) atoms. The smallest absolute Gasteiger partial charge is 0.421 e. The Hall–Kier alpha value is -4.26. The fourth-order valence-corrected chi connectivity index (χ4v) is 5.37. The van der Waals surface area contributed by atoms with E-state index in [4.69, 9.17) is 4.74 Å². The predicted octanol–water partition coefficient (Wildman–Crippen LogP) is 5.03. The largest absolute Gasteiger partial charge is 0.443 e. The second-order valence-corrected chi connectivity index (χ2v) is 10.4. The third-order valence-electron chi connectivity index (χ3n) is 6.87. The summed E-state index contributed by atoms with van der Waals surface area (Å²) in [5.41, 5.74) is -0.120. The van der Waals surface area contributed by atoms with Gasteiger partial charge in [-0.25, -0.2) is 9.69 Å². The number of ether oxygens (including phenoxy) is 1. The van der Waals surface area contributed by atoms with Crippen molar-refractivity contribution in [1.29, 1.82) is 0 Å². The highest BCUT2D eigenvalue weighted by Gasteiger charge is 2.63. The second kappa shape index (κ2) is 9.00. The number of anilines is 2. The van der Waals surface area contributed by atoms with Crippen LogP contribution in [-0.2, 0) is 31.0 Å². The minimum atomic E-state index is -1.47. The molecule has 3 aromatic rings. The minimum absolute atomic E-state index is 0.148.